The summed E-state index contributed by atoms with van der Waals surface area (Å²) in [5.74, 6) is 0. The van der Waals surface area contributed by atoms with Gasteiger partial charge in [-0.2, -0.15) is 5.10 Å². The molecule has 2 rings (SSSR count). The molecule has 0 aliphatic carbocycles. The van der Waals surface area contributed by atoms with Gasteiger partial charge in [-0.15, -0.1) is 0 Å². The Kier molecular flexibility index (Phi) is 2.19. The molecule has 2 nitrogen and oxygen atoms in total. The topological polar surface area (TPSA) is 28.7 Å². The Bertz CT molecular complexity index is 407. The van der Waals surface area contributed by atoms with Gasteiger partial charge in [0.25, 0.3) is 0 Å². The molecule has 0 radical (unpaired) electrons. The number of benzene rings is 1. The molecule has 2 aromatic rings. The normalized spacial score (nSPS) is 10.3. The highest BCUT2D eigenvalue weighted by Gasteiger charge is 2.03. The second-order valence-electron chi connectivity index (χ2n) is 2.95. The molecule has 0 saturated carbocycles. The quantitative estimate of drug-likeness (QED) is 0.810. The van der Waals surface area contributed by atoms with Crippen LogP contribution in [0, 0.1) is 6.92 Å². The van der Waals surface area contributed by atoms with Crippen molar-refractivity contribution < 1.29 is 0 Å². The lowest BCUT2D eigenvalue weighted by atomic mass is 10.1. The molecule has 1 N–H and O–H groups in total. The minimum Gasteiger partial charge on any atom is -0.278 e. The van der Waals surface area contributed by atoms with Crippen molar-refractivity contribution in [3.05, 3.63) is 40.5 Å². The maximum absolute atomic E-state index is 3.92. The molecule has 0 aliphatic rings. The lowest BCUT2D eigenvalue weighted by Gasteiger charge is -2.02. The number of nitrogens with zero attached hydrogens (tertiary/aromatic N) is 1. The maximum atomic E-state index is 3.92. The van der Waals surface area contributed by atoms with Crippen molar-refractivity contribution in [3.8, 4) is 11.3 Å². The van der Waals surface area contributed by atoms with Crippen LogP contribution in [0.25, 0.3) is 11.3 Å². The summed E-state index contributed by atoms with van der Waals surface area (Å²) in [5.41, 5.74) is 3.43. The van der Waals surface area contributed by atoms with Gasteiger partial charge >= 0.3 is 0 Å². The predicted octanol–water partition coefficient (Wildman–Crippen LogP) is 3.15. The van der Waals surface area contributed by atoms with Gasteiger partial charge < -0.3 is 0 Å². The highest BCUT2D eigenvalue weighted by Crippen LogP contribution is 2.27. The number of H-pyrrole nitrogens is 1. The second kappa shape index (κ2) is 3.34. The van der Waals surface area contributed by atoms with Gasteiger partial charge in [0.05, 0.1) is 5.69 Å². The molecule has 0 saturated heterocycles. The molecule has 0 spiro atoms. The fourth-order valence-electron chi connectivity index (χ4n) is 1.25. The van der Waals surface area contributed by atoms with Crippen LogP contribution in [0.5, 0.6) is 0 Å². The molecule has 0 aliphatic heterocycles. The molecule has 1 aromatic carbocycles. The number of rotatable bonds is 1. The fraction of sp³-hybridized carbons (Fsp3) is 0.100. The zero-order valence-corrected chi connectivity index (χ0v) is 8.80. The van der Waals surface area contributed by atoms with E-state index in [1.54, 1.807) is 6.20 Å². The summed E-state index contributed by atoms with van der Waals surface area (Å²) in [6.45, 7) is 2.08. The smallest absolute Gasteiger partial charge is 0.0661 e. The standard InChI is InChI=1S/C10H9BrN2/c1-7-2-3-9(11)8(6-7)10-4-5-12-13-10/h2-6H,1H3,(H,12,13). The first kappa shape index (κ1) is 8.51. The van der Waals surface area contributed by atoms with Crippen LogP contribution in [-0.2, 0) is 0 Å². The van der Waals surface area contributed by atoms with Crippen molar-refractivity contribution in [3.63, 3.8) is 0 Å². The fourth-order valence-corrected chi connectivity index (χ4v) is 1.71. The van der Waals surface area contributed by atoms with Gasteiger partial charge in [-0.1, -0.05) is 27.6 Å². The third-order valence-corrected chi connectivity index (χ3v) is 2.60. The van der Waals surface area contributed by atoms with E-state index in [2.05, 4.69) is 45.2 Å². The number of aryl methyl sites for hydroxylation is 1. The average molecular weight is 237 g/mol. The van der Waals surface area contributed by atoms with E-state index >= 15 is 0 Å². The molecular weight excluding hydrogens is 228 g/mol. The van der Waals surface area contributed by atoms with Crippen molar-refractivity contribution in [2.24, 2.45) is 0 Å². The molecule has 0 unspecified atom stereocenters. The molecule has 0 amide bonds. The van der Waals surface area contributed by atoms with Gasteiger partial charge in [-0.05, 0) is 25.1 Å². The number of nitrogens with one attached hydrogen (secondary N) is 1. The van der Waals surface area contributed by atoms with Gasteiger partial charge in [0, 0.05) is 16.2 Å². The van der Waals surface area contributed by atoms with E-state index in [-0.39, 0.29) is 0 Å². The highest BCUT2D eigenvalue weighted by atomic mass is 79.9. The first-order chi connectivity index (χ1) is 6.27. The zero-order chi connectivity index (χ0) is 9.26. The minimum atomic E-state index is 1.04. The summed E-state index contributed by atoms with van der Waals surface area (Å²) < 4.78 is 1.09. The molecule has 13 heavy (non-hydrogen) atoms. The van der Waals surface area contributed by atoms with Crippen LogP contribution in [0.4, 0.5) is 0 Å². The summed E-state index contributed by atoms with van der Waals surface area (Å²) in [6, 6.07) is 8.20. The van der Waals surface area contributed by atoms with Crippen LogP contribution in [0.1, 0.15) is 5.56 Å². The second-order valence-corrected chi connectivity index (χ2v) is 3.81. The number of aromatic amines is 1. The molecule has 1 heterocycles. The summed E-state index contributed by atoms with van der Waals surface area (Å²) >= 11 is 3.50. The molecule has 0 fully saturated rings. The SMILES string of the molecule is Cc1ccc(Br)c(-c2ccn[nH]2)c1. The maximum Gasteiger partial charge on any atom is 0.0661 e. The summed E-state index contributed by atoms with van der Waals surface area (Å²) in [7, 11) is 0. The first-order valence-electron chi connectivity index (χ1n) is 4.03. The lowest BCUT2D eigenvalue weighted by molar-refractivity contribution is 1.09. The molecule has 1 aromatic heterocycles. The lowest BCUT2D eigenvalue weighted by Crippen LogP contribution is -1.81. The van der Waals surface area contributed by atoms with E-state index in [0.717, 1.165) is 15.7 Å². The Balaban J connectivity index is 2.57. The van der Waals surface area contributed by atoms with E-state index in [1.165, 1.54) is 5.56 Å². The van der Waals surface area contributed by atoms with Crippen molar-refractivity contribution >= 4 is 15.9 Å². The van der Waals surface area contributed by atoms with Crippen molar-refractivity contribution in [1.82, 2.24) is 10.2 Å². The van der Waals surface area contributed by atoms with Crippen molar-refractivity contribution in [2.45, 2.75) is 6.92 Å². The molecule has 3 heteroatoms. The van der Waals surface area contributed by atoms with Crippen LogP contribution in [0.2, 0.25) is 0 Å². The Morgan fingerprint density at radius 2 is 2.15 bits per heavy atom. The van der Waals surface area contributed by atoms with Gasteiger partial charge in [-0.25, -0.2) is 0 Å². The van der Waals surface area contributed by atoms with E-state index < -0.39 is 0 Å². The minimum absolute atomic E-state index is 1.04. The summed E-state index contributed by atoms with van der Waals surface area (Å²) in [6.07, 6.45) is 1.75. The van der Waals surface area contributed by atoms with Gasteiger partial charge in [0.15, 0.2) is 0 Å². The highest BCUT2D eigenvalue weighted by molar-refractivity contribution is 9.10. The van der Waals surface area contributed by atoms with Crippen LogP contribution in [0.3, 0.4) is 0 Å². The van der Waals surface area contributed by atoms with Gasteiger partial charge in [-0.3, -0.25) is 5.10 Å². The first-order valence-corrected chi connectivity index (χ1v) is 4.82. The Morgan fingerprint density at radius 1 is 1.31 bits per heavy atom. The Morgan fingerprint density at radius 3 is 2.85 bits per heavy atom. The zero-order valence-electron chi connectivity index (χ0n) is 7.21. The predicted molar refractivity (Wildman–Crippen MR) is 56.5 cm³/mol. The monoisotopic (exact) mass is 236 g/mol. The van der Waals surface area contributed by atoms with Crippen LogP contribution >= 0.6 is 15.9 Å². The van der Waals surface area contributed by atoms with E-state index in [9.17, 15) is 0 Å². The third-order valence-electron chi connectivity index (χ3n) is 1.91. The van der Waals surface area contributed by atoms with E-state index in [0.29, 0.717) is 0 Å². The molecule has 0 bridgehead atoms. The molecule has 0 atom stereocenters. The summed E-state index contributed by atoms with van der Waals surface area (Å²) in [4.78, 5) is 0. The van der Waals surface area contributed by atoms with Crippen LogP contribution < -0.4 is 0 Å². The Labute approximate surface area is 85.1 Å². The number of halogens is 1. The van der Waals surface area contributed by atoms with Crippen molar-refractivity contribution in [1.29, 1.82) is 0 Å². The van der Waals surface area contributed by atoms with Crippen LogP contribution in [0.15, 0.2) is 34.9 Å². The summed E-state index contributed by atoms with van der Waals surface area (Å²) in [5, 5.41) is 6.86. The van der Waals surface area contributed by atoms with E-state index in [4.69, 9.17) is 0 Å². The van der Waals surface area contributed by atoms with Crippen molar-refractivity contribution in [2.75, 3.05) is 0 Å². The molecular formula is C10H9BrN2. The van der Waals surface area contributed by atoms with Gasteiger partial charge in [0.1, 0.15) is 0 Å². The van der Waals surface area contributed by atoms with Gasteiger partial charge in [0.2, 0.25) is 0 Å². The average Bonchev–Trinajstić information content (AvgIpc) is 2.61. The van der Waals surface area contributed by atoms with E-state index in [1.807, 2.05) is 12.1 Å². The number of hydrogen-bond acceptors (Lipinski definition) is 1. The van der Waals surface area contributed by atoms with Crippen LogP contribution in [-0.4, -0.2) is 10.2 Å². The number of hydrogen-bond donors (Lipinski definition) is 1. The third kappa shape index (κ3) is 1.65. The largest absolute Gasteiger partial charge is 0.278 e. The number of aromatic nitrogens is 2. The Hall–Kier alpha value is -1.09. The molecule has 66 valence electrons.